The van der Waals surface area contributed by atoms with Gasteiger partial charge in [-0.05, 0) is 12.8 Å². The molecule has 0 unspecified atom stereocenters. The molecule has 1 rings (SSSR count). The van der Waals surface area contributed by atoms with Crippen molar-refractivity contribution < 1.29 is 14.3 Å². The molecule has 3 nitrogen and oxygen atoms in total. The number of carbonyl (C=O) groups excluding carboxylic acids is 2. The summed E-state index contributed by atoms with van der Waals surface area (Å²) in [5, 5.41) is 0. The van der Waals surface area contributed by atoms with E-state index >= 15 is 0 Å². The molecule has 0 radical (unpaired) electrons. The average Bonchev–Trinajstić information content (AvgIpc) is 2.92. The van der Waals surface area contributed by atoms with E-state index < -0.39 is 5.97 Å². The molecule has 0 aromatic rings. The molecule has 1 aliphatic heterocycles. The number of carbonyl (C=O) groups is 2. The fourth-order valence-electron chi connectivity index (χ4n) is 3.36. The fraction of sp³-hybridized carbons (Fsp3) is 0.818. The van der Waals surface area contributed by atoms with Crippen LogP contribution in [0.2, 0.25) is 0 Å². The minimum absolute atomic E-state index is 0.216. The van der Waals surface area contributed by atoms with Crippen molar-refractivity contribution in [2.24, 2.45) is 5.92 Å². The predicted molar refractivity (Wildman–Crippen MR) is 103 cm³/mol. The highest BCUT2D eigenvalue weighted by atomic mass is 16.6. The zero-order valence-corrected chi connectivity index (χ0v) is 16.3. The maximum absolute atomic E-state index is 11.3. The number of allylic oxidation sites excluding steroid dienone is 1. The minimum Gasteiger partial charge on any atom is -0.393 e. The van der Waals surface area contributed by atoms with Crippen molar-refractivity contribution in [3.05, 3.63) is 12.2 Å². The number of cyclic esters (lactones) is 2. The Balaban J connectivity index is 1.77. The van der Waals surface area contributed by atoms with Crippen LogP contribution in [0.4, 0.5) is 0 Å². The van der Waals surface area contributed by atoms with E-state index in [-0.39, 0.29) is 18.3 Å². The molecule has 0 amide bonds. The molecular formula is C22H38O3. The van der Waals surface area contributed by atoms with Crippen molar-refractivity contribution >= 4 is 11.9 Å². The zero-order chi connectivity index (χ0) is 18.2. The monoisotopic (exact) mass is 350 g/mol. The Morgan fingerprint density at radius 2 is 1.28 bits per heavy atom. The Hall–Kier alpha value is -1.12. The molecular weight excluding hydrogens is 312 g/mol. The zero-order valence-electron chi connectivity index (χ0n) is 16.3. The second-order valence-corrected chi connectivity index (χ2v) is 7.42. The van der Waals surface area contributed by atoms with E-state index in [4.69, 9.17) is 0 Å². The maximum atomic E-state index is 11.3. The molecule has 0 N–H and O–H groups in total. The van der Waals surface area contributed by atoms with Gasteiger partial charge in [0.1, 0.15) is 0 Å². The lowest BCUT2D eigenvalue weighted by molar-refractivity contribution is -0.152. The Morgan fingerprint density at radius 1 is 0.800 bits per heavy atom. The topological polar surface area (TPSA) is 43.4 Å². The quantitative estimate of drug-likeness (QED) is 0.138. The lowest BCUT2D eigenvalue weighted by Gasteiger charge is -2.03. The van der Waals surface area contributed by atoms with Crippen molar-refractivity contribution in [1.82, 2.24) is 0 Å². The van der Waals surface area contributed by atoms with Crippen LogP contribution in [0.25, 0.3) is 0 Å². The molecule has 0 aromatic heterocycles. The van der Waals surface area contributed by atoms with Crippen LogP contribution in [-0.2, 0) is 14.3 Å². The summed E-state index contributed by atoms with van der Waals surface area (Å²) in [5.41, 5.74) is 0. The van der Waals surface area contributed by atoms with E-state index in [2.05, 4.69) is 11.7 Å². The average molecular weight is 351 g/mol. The molecule has 0 bridgehead atoms. The van der Waals surface area contributed by atoms with Gasteiger partial charge >= 0.3 is 11.9 Å². The van der Waals surface area contributed by atoms with Crippen LogP contribution in [0, 0.1) is 5.92 Å². The van der Waals surface area contributed by atoms with Crippen molar-refractivity contribution in [3.63, 3.8) is 0 Å². The van der Waals surface area contributed by atoms with Crippen molar-refractivity contribution in [2.45, 2.75) is 110 Å². The summed E-state index contributed by atoms with van der Waals surface area (Å²) in [6.07, 6.45) is 24.2. The molecule has 1 saturated heterocycles. The van der Waals surface area contributed by atoms with Crippen molar-refractivity contribution in [2.75, 3.05) is 0 Å². The summed E-state index contributed by atoms with van der Waals surface area (Å²) in [4.78, 5) is 22.2. The molecule has 0 aliphatic carbocycles. The Bertz CT molecular complexity index is 387. The van der Waals surface area contributed by atoms with Gasteiger partial charge in [-0.2, -0.15) is 0 Å². The molecule has 0 saturated carbocycles. The van der Waals surface area contributed by atoms with Crippen LogP contribution in [0.15, 0.2) is 12.2 Å². The number of hydrogen-bond donors (Lipinski definition) is 0. The van der Waals surface area contributed by atoms with Gasteiger partial charge in [-0.25, -0.2) is 0 Å². The van der Waals surface area contributed by atoms with E-state index in [1.165, 1.54) is 89.9 Å². The molecule has 3 heteroatoms. The lowest BCUT2D eigenvalue weighted by atomic mass is 10.0. The molecule has 144 valence electrons. The molecule has 1 aliphatic rings. The predicted octanol–water partition coefficient (Wildman–Crippen LogP) is 6.50. The highest BCUT2D eigenvalue weighted by Gasteiger charge is 2.30. The van der Waals surface area contributed by atoms with Gasteiger partial charge < -0.3 is 4.74 Å². The number of ether oxygens (including phenoxy) is 1. The first kappa shape index (κ1) is 21.9. The highest BCUT2D eigenvalue weighted by Crippen LogP contribution is 2.18. The van der Waals surface area contributed by atoms with Crippen LogP contribution < -0.4 is 0 Å². The van der Waals surface area contributed by atoms with E-state index in [1.807, 2.05) is 12.2 Å². The summed E-state index contributed by atoms with van der Waals surface area (Å²) < 4.78 is 4.52. The van der Waals surface area contributed by atoms with Crippen LogP contribution >= 0.6 is 0 Å². The van der Waals surface area contributed by atoms with E-state index in [1.54, 1.807) is 0 Å². The van der Waals surface area contributed by atoms with Gasteiger partial charge in [0.25, 0.3) is 0 Å². The van der Waals surface area contributed by atoms with Gasteiger partial charge in [-0.15, -0.1) is 0 Å². The summed E-state index contributed by atoms with van der Waals surface area (Å²) in [5.74, 6) is -1.11. The molecule has 1 atom stereocenters. The van der Waals surface area contributed by atoms with Gasteiger partial charge in [-0.1, -0.05) is 103 Å². The van der Waals surface area contributed by atoms with Gasteiger partial charge in [-0.3, -0.25) is 9.59 Å². The lowest BCUT2D eigenvalue weighted by Crippen LogP contribution is -2.03. The Kier molecular flexibility index (Phi) is 13.3. The first-order valence-electron chi connectivity index (χ1n) is 10.6. The van der Waals surface area contributed by atoms with E-state index in [0.29, 0.717) is 0 Å². The van der Waals surface area contributed by atoms with E-state index in [9.17, 15) is 9.59 Å². The Labute approximate surface area is 154 Å². The normalized spacial score (nSPS) is 17.6. The number of hydrogen-bond acceptors (Lipinski definition) is 3. The highest BCUT2D eigenvalue weighted by molar-refractivity contribution is 5.95. The molecule has 1 heterocycles. The number of rotatable bonds is 16. The summed E-state index contributed by atoms with van der Waals surface area (Å²) in [7, 11) is 0. The van der Waals surface area contributed by atoms with Crippen LogP contribution in [0.1, 0.15) is 110 Å². The fourth-order valence-corrected chi connectivity index (χ4v) is 3.36. The van der Waals surface area contributed by atoms with Gasteiger partial charge in [0.2, 0.25) is 0 Å². The van der Waals surface area contributed by atoms with Crippen LogP contribution in [-0.4, -0.2) is 11.9 Å². The largest absolute Gasteiger partial charge is 0.393 e. The van der Waals surface area contributed by atoms with Crippen LogP contribution in [0.3, 0.4) is 0 Å². The van der Waals surface area contributed by atoms with Gasteiger partial charge in [0.05, 0.1) is 12.3 Å². The Morgan fingerprint density at radius 3 is 1.72 bits per heavy atom. The molecule has 1 fully saturated rings. The third kappa shape index (κ3) is 12.0. The third-order valence-electron chi connectivity index (χ3n) is 5.00. The van der Waals surface area contributed by atoms with Gasteiger partial charge in [0, 0.05) is 0 Å². The summed E-state index contributed by atoms with van der Waals surface area (Å²) in [6, 6.07) is 0. The third-order valence-corrected chi connectivity index (χ3v) is 5.00. The first-order chi connectivity index (χ1) is 12.2. The summed E-state index contributed by atoms with van der Waals surface area (Å²) >= 11 is 0. The maximum Gasteiger partial charge on any atom is 0.321 e. The second kappa shape index (κ2) is 15.2. The van der Waals surface area contributed by atoms with E-state index in [0.717, 1.165) is 6.42 Å². The van der Waals surface area contributed by atoms with Gasteiger partial charge in [0.15, 0.2) is 0 Å². The second-order valence-electron chi connectivity index (χ2n) is 7.42. The molecule has 0 aromatic carbocycles. The summed E-state index contributed by atoms with van der Waals surface area (Å²) in [6.45, 7) is 2.27. The smallest absolute Gasteiger partial charge is 0.321 e. The SMILES string of the molecule is CCCCCCCCCCCCCCCC/C=C\[C@@H]1CC(=O)OC1=O. The number of unbranched alkanes of at least 4 members (excludes halogenated alkanes) is 14. The standard InChI is InChI=1S/C22H38O3/c1-2-3-4-5-6-7-8-9-10-11-12-13-14-15-16-17-18-20-19-21(23)25-22(20)24/h17-18,20H,2-16,19H2,1H3/b18-17-/t20-/m1/s1. The first-order valence-corrected chi connectivity index (χ1v) is 10.6. The van der Waals surface area contributed by atoms with Crippen LogP contribution in [0.5, 0.6) is 0 Å². The molecule has 25 heavy (non-hydrogen) atoms. The molecule has 0 spiro atoms. The van der Waals surface area contributed by atoms with Crippen molar-refractivity contribution in [3.8, 4) is 0 Å². The minimum atomic E-state index is -0.392. The number of esters is 2. The van der Waals surface area contributed by atoms with Crippen molar-refractivity contribution in [1.29, 1.82) is 0 Å².